The van der Waals surface area contributed by atoms with Crippen molar-refractivity contribution in [1.29, 1.82) is 0 Å². The van der Waals surface area contributed by atoms with E-state index in [0.717, 1.165) is 34.1 Å². The van der Waals surface area contributed by atoms with Gasteiger partial charge in [-0.1, -0.05) is 18.5 Å². The van der Waals surface area contributed by atoms with Gasteiger partial charge in [-0.3, -0.25) is 9.78 Å². The number of aryl methyl sites for hydroxylation is 2. The van der Waals surface area contributed by atoms with Crippen LogP contribution >= 0.6 is 11.6 Å². The summed E-state index contributed by atoms with van der Waals surface area (Å²) in [7, 11) is 0. The monoisotopic (exact) mass is 277 g/mol. The van der Waals surface area contributed by atoms with Crippen molar-refractivity contribution < 1.29 is 9.53 Å². The van der Waals surface area contributed by atoms with Crippen molar-refractivity contribution in [2.75, 3.05) is 0 Å². The van der Waals surface area contributed by atoms with Crippen LogP contribution in [-0.2, 0) is 11.2 Å². The lowest BCUT2D eigenvalue weighted by Gasteiger charge is -2.13. The van der Waals surface area contributed by atoms with Crippen LogP contribution in [0.2, 0.25) is 5.02 Å². The number of rotatable bonds is 2. The average Bonchev–Trinajstić information content (AvgIpc) is 2.34. The number of carbonyl (C=O) groups is 1. The summed E-state index contributed by atoms with van der Waals surface area (Å²) < 4.78 is 5.36. The van der Waals surface area contributed by atoms with Crippen LogP contribution in [0.25, 0.3) is 10.9 Å². The molecule has 0 saturated heterocycles. The number of pyridine rings is 1. The Kier molecular flexibility index (Phi) is 3.76. The summed E-state index contributed by atoms with van der Waals surface area (Å²) in [5.41, 5.74) is 3.59. The minimum Gasteiger partial charge on any atom is -0.426 e. The highest BCUT2D eigenvalue weighted by Gasteiger charge is 2.15. The van der Waals surface area contributed by atoms with Crippen molar-refractivity contribution in [1.82, 2.24) is 4.98 Å². The van der Waals surface area contributed by atoms with Gasteiger partial charge in [0.05, 0.1) is 5.52 Å². The maximum atomic E-state index is 11.3. The van der Waals surface area contributed by atoms with E-state index in [1.165, 1.54) is 6.92 Å². The molecular weight excluding hydrogens is 262 g/mol. The smallest absolute Gasteiger partial charge is 0.308 e. The van der Waals surface area contributed by atoms with E-state index in [0.29, 0.717) is 10.8 Å². The molecule has 0 bridgehead atoms. The highest BCUT2D eigenvalue weighted by Crippen LogP contribution is 2.34. The number of benzene rings is 1. The van der Waals surface area contributed by atoms with Crippen LogP contribution < -0.4 is 4.74 Å². The Morgan fingerprint density at radius 2 is 2.05 bits per heavy atom. The van der Waals surface area contributed by atoms with Crippen molar-refractivity contribution >= 4 is 28.5 Å². The lowest BCUT2D eigenvalue weighted by molar-refractivity contribution is -0.131. The summed E-state index contributed by atoms with van der Waals surface area (Å²) in [5, 5.41) is 1.42. The van der Waals surface area contributed by atoms with Gasteiger partial charge in [0.15, 0.2) is 0 Å². The highest BCUT2D eigenvalue weighted by molar-refractivity contribution is 6.32. The van der Waals surface area contributed by atoms with Crippen LogP contribution in [0.5, 0.6) is 5.75 Å². The highest BCUT2D eigenvalue weighted by atomic mass is 35.5. The van der Waals surface area contributed by atoms with Gasteiger partial charge in [0, 0.05) is 28.6 Å². The van der Waals surface area contributed by atoms with Crippen molar-refractivity contribution in [3.63, 3.8) is 0 Å². The van der Waals surface area contributed by atoms with E-state index < -0.39 is 0 Å². The zero-order chi connectivity index (χ0) is 14.2. The summed E-state index contributed by atoms with van der Waals surface area (Å²) in [6.07, 6.45) is 0.789. The van der Waals surface area contributed by atoms with Gasteiger partial charge < -0.3 is 4.74 Å². The van der Waals surface area contributed by atoms with Crippen LogP contribution in [0.4, 0.5) is 0 Å². The molecule has 0 aliphatic carbocycles. The summed E-state index contributed by atoms with van der Waals surface area (Å²) in [4.78, 5) is 15.9. The number of esters is 1. The summed E-state index contributed by atoms with van der Waals surface area (Å²) in [6.45, 7) is 7.27. The molecule has 0 amide bonds. The molecule has 3 nitrogen and oxygen atoms in total. The summed E-state index contributed by atoms with van der Waals surface area (Å²) in [5.74, 6) is 0.227. The molecule has 1 heterocycles. The molecule has 2 aromatic rings. The maximum Gasteiger partial charge on any atom is 0.308 e. The number of aromatic nitrogens is 1. The van der Waals surface area contributed by atoms with E-state index in [1.54, 1.807) is 0 Å². The Hall–Kier alpha value is -1.61. The number of hydrogen-bond donors (Lipinski definition) is 0. The molecule has 0 atom stereocenters. The SMILES string of the molecule is CCc1nc2cc(C)c(Cl)cc2c(OC(C)=O)c1C. The van der Waals surface area contributed by atoms with Gasteiger partial charge in [-0.05, 0) is 38.0 Å². The topological polar surface area (TPSA) is 39.2 Å². The number of halogens is 1. The van der Waals surface area contributed by atoms with E-state index in [2.05, 4.69) is 4.98 Å². The third kappa shape index (κ3) is 2.56. The summed E-state index contributed by atoms with van der Waals surface area (Å²) in [6, 6.07) is 3.73. The molecular formula is C15H16ClNO2. The third-order valence-corrected chi connectivity index (χ3v) is 3.54. The standard InChI is InChI=1S/C15H16ClNO2/c1-5-13-9(3)15(19-10(4)18)11-7-12(16)8(2)6-14(11)17-13/h6-7H,5H2,1-4H3. The fourth-order valence-corrected chi connectivity index (χ4v) is 2.29. The van der Waals surface area contributed by atoms with Crippen LogP contribution in [0.15, 0.2) is 12.1 Å². The van der Waals surface area contributed by atoms with Crippen molar-refractivity contribution in [3.05, 3.63) is 34.0 Å². The van der Waals surface area contributed by atoms with Gasteiger partial charge in [0.25, 0.3) is 0 Å². The lowest BCUT2D eigenvalue weighted by atomic mass is 10.1. The first-order valence-corrected chi connectivity index (χ1v) is 6.59. The van der Waals surface area contributed by atoms with Gasteiger partial charge in [-0.25, -0.2) is 0 Å². The van der Waals surface area contributed by atoms with E-state index in [9.17, 15) is 4.79 Å². The average molecular weight is 278 g/mol. The Bertz CT molecular complexity index is 665. The largest absolute Gasteiger partial charge is 0.426 e. The molecule has 0 radical (unpaired) electrons. The van der Waals surface area contributed by atoms with E-state index in [4.69, 9.17) is 16.3 Å². The molecule has 2 rings (SSSR count). The normalized spacial score (nSPS) is 10.8. The minimum atomic E-state index is -0.339. The second-order valence-electron chi connectivity index (χ2n) is 4.58. The van der Waals surface area contributed by atoms with Crippen LogP contribution in [-0.4, -0.2) is 11.0 Å². The predicted molar refractivity (Wildman–Crippen MR) is 76.9 cm³/mol. The molecule has 19 heavy (non-hydrogen) atoms. The van der Waals surface area contributed by atoms with Crippen molar-refractivity contribution in [2.45, 2.75) is 34.1 Å². The predicted octanol–water partition coefficient (Wildman–Crippen LogP) is 3.99. The zero-order valence-electron chi connectivity index (χ0n) is 11.5. The van der Waals surface area contributed by atoms with E-state index in [1.807, 2.05) is 32.9 Å². The Labute approximate surface area is 117 Å². The lowest BCUT2D eigenvalue weighted by Crippen LogP contribution is -2.06. The number of fused-ring (bicyclic) bond motifs is 1. The van der Waals surface area contributed by atoms with Crippen LogP contribution in [0.1, 0.15) is 30.7 Å². The molecule has 100 valence electrons. The van der Waals surface area contributed by atoms with Gasteiger partial charge in [0.2, 0.25) is 0 Å². The summed E-state index contributed by atoms with van der Waals surface area (Å²) >= 11 is 6.15. The van der Waals surface area contributed by atoms with Crippen LogP contribution in [0, 0.1) is 13.8 Å². The third-order valence-electron chi connectivity index (χ3n) is 3.13. The molecule has 0 aliphatic heterocycles. The van der Waals surface area contributed by atoms with Crippen molar-refractivity contribution in [2.24, 2.45) is 0 Å². The molecule has 0 fully saturated rings. The molecule has 0 aliphatic rings. The minimum absolute atomic E-state index is 0.339. The second kappa shape index (κ2) is 5.17. The van der Waals surface area contributed by atoms with Crippen LogP contribution in [0.3, 0.4) is 0 Å². The fraction of sp³-hybridized carbons (Fsp3) is 0.333. The Morgan fingerprint density at radius 1 is 1.37 bits per heavy atom. The molecule has 0 spiro atoms. The Balaban J connectivity index is 2.83. The molecule has 0 N–H and O–H groups in total. The molecule has 0 saturated carbocycles. The van der Waals surface area contributed by atoms with E-state index >= 15 is 0 Å². The number of hydrogen-bond acceptors (Lipinski definition) is 3. The van der Waals surface area contributed by atoms with Gasteiger partial charge in [-0.2, -0.15) is 0 Å². The fourth-order valence-electron chi connectivity index (χ4n) is 2.12. The first kappa shape index (κ1) is 13.8. The first-order chi connectivity index (χ1) is 8.93. The molecule has 4 heteroatoms. The number of carbonyl (C=O) groups excluding carboxylic acids is 1. The second-order valence-corrected chi connectivity index (χ2v) is 4.99. The maximum absolute atomic E-state index is 11.3. The number of nitrogens with zero attached hydrogens (tertiary/aromatic N) is 1. The van der Waals surface area contributed by atoms with Gasteiger partial charge >= 0.3 is 5.97 Å². The first-order valence-electron chi connectivity index (χ1n) is 6.21. The molecule has 0 unspecified atom stereocenters. The van der Waals surface area contributed by atoms with Gasteiger partial charge in [-0.15, -0.1) is 0 Å². The number of ether oxygens (including phenoxy) is 1. The zero-order valence-corrected chi connectivity index (χ0v) is 12.3. The van der Waals surface area contributed by atoms with Gasteiger partial charge in [0.1, 0.15) is 5.75 Å². The van der Waals surface area contributed by atoms with E-state index in [-0.39, 0.29) is 5.97 Å². The Morgan fingerprint density at radius 3 is 2.63 bits per heavy atom. The molecule has 1 aromatic heterocycles. The van der Waals surface area contributed by atoms with Crippen molar-refractivity contribution in [3.8, 4) is 5.75 Å². The quantitative estimate of drug-likeness (QED) is 0.779. The molecule has 1 aromatic carbocycles.